The van der Waals surface area contributed by atoms with Crippen LogP contribution in [0.25, 0.3) is 0 Å². The molecular formula is C14H13N3O3S. The highest BCUT2D eigenvalue weighted by Gasteiger charge is 2.19. The normalized spacial score (nSPS) is 10.4. The van der Waals surface area contributed by atoms with Gasteiger partial charge in [0, 0.05) is 11.9 Å². The molecule has 2 aromatic heterocycles. The fourth-order valence-electron chi connectivity index (χ4n) is 1.90. The van der Waals surface area contributed by atoms with Gasteiger partial charge in [-0.25, -0.2) is 14.8 Å². The largest absolute Gasteiger partial charge is 0.478 e. The predicted octanol–water partition coefficient (Wildman–Crippen LogP) is 2.04. The number of carboxylic acids is 1. The maximum Gasteiger partial charge on any atom is 0.338 e. The first-order valence-corrected chi connectivity index (χ1v) is 6.86. The first-order valence-electron chi connectivity index (χ1n) is 6.04. The lowest BCUT2D eigenvalue weighted by atomic mass is 10.1. The molecule has 2 aromatic rings. The summed E-state index contributed by atoms with van der Waals surface area (Å²) in [7, 11) is 0. The maximum absolute atomic E-state index is 11.6. The molecule has 7 heteroatoms. The summed E-state index contributed by atoms with van der Waals surface area (Å²) in [5.74, 6) is -1.69. The number of aryl methyl sites for hydroxylation is 2. The van der Waals surface area contributed by atoms with Crippen molar-refractivity contribution in [2.24, 2.45) is 5.73 Å². The van der Waals surface area contributed by atoms with Gasteiger partial charge in [0.15, 0.2) is 0 Å². The number of carbonyl (C=O) groups excluding carboxylic acids is 1. The minimum Gasteiger partial charge on any atom is -0.478 e. The van der Waals surface area contributed by atoms with Crippen molar-refractivity contribution in [3.63, 3.8) is 0 Å². The molecule has 0 aliphatic carbocycles. The summed E-state index contributed by atoms with van der Waals surface area (Å²) in [5.41, 5.74) is 7.14. The average molecular weight is 303 g/mol. The van der Waals surface area contributed by atoms with E-state index in [1.807, 2.05) is 0 Å². The summed E-state index contributed by atoms with van der Waals surface area (Å²) in [6.45, 7) is 3.55. The molecule has 3 N–H and O–H groups in total. The maximum atomic E-state index is 11.6. The van der Waals surface area contributed by atoms with Gasteiger partial charge in [-0.2, -0.15) is 0 Å². The van der Waals surface area contributed by atoms with E-state index in [0.29, 0.717) is 16.3 Å². The quantitative estimate of drug-likeness (QED) is 0.895. The van der Waals surface area contributed by atoms with Gasteiger partial charge in [0.25, 0.3) is 5.91 Å². The Kier molecular flexibility index (Phi) is 4.23. The Bertz CT molecular complexity index is 731. The zero-order valence-electron chi connectivity index (χ0n) is 11.5. The number of primary amides is 1. The minimum atomic E-state index is -1.09. The summed E-state index contributed by atoms with van der Waals surface area (Å²) < 4.78 is 0. The van der Waals surface area contributed by atoms with Gasteiger partial charge < -0.3 is 10.8 Å². The number of aromatic nitrogens is 2. The second-order valence-electron chi connectivity index (χ2n) is 4.39. The molecule has 0 saturated carbocycles. The Morgan fingerprint density at radius 1 is 1.29 bits per heavy atom. The van der Waals surface area contributed by atoms with E-state index in [1.54, 1.807) is 19.9 Å². The smallest absolute Gasteiger partial charge is 0.338 e. The number of amides is 1. The molecule has 0 bridgehead atoms. The fraction of sp³-hybridized carbons (Fsp3) is 0.143. The van der Waals surface area contributed by atoms with Gasteiger partial charge in [0.05, 0.1) is 11.1 Å². The molecule has 0 spiro atoms. The summed E-state index contributed by atoms with van der Waals surface area (Å²) in [6, 6.07) is 4.74. The SMILES string of the molecule is Cc1cc(C)c(C(N)=O)c(Sc2ncccc2C(=O)O)n1. The Morgan fingerprint density at radius 3 is 2.62 bits per heavy atom. The Balaban J connectivity index is 2.54. The molecule has 108 valence electrons. The molecule has 2 heterocycles. The first kappa shape index (κ1) is 15.0. The van der Waals surface area contributed by atoms with Crippen LogP contribution in [0.4, 0.5) is 0 Å². The van der Waals surface area contributed by atoms with Crippen molar-refractivity contribution >= 4 is 23.6 Å². The number of pyridine rings is 2. The number of carbonyl (C=O) groups is 2. The topological polar surface area (TPSA) is 106 Å². The molecule has 0 unspecified atom stereocenters. The highest BCUT2D eigenvalue weighted by molar-refractivity contribution is 7.99. The average Bonchev–Trinajstić information content (AvgIpc) is 2.37. The number of hydrogen-bond acceptors (Lipinski definition) is 5. The number of carboxylic acid groups (broad SMARTS) is 1. The Morgan fingerprint density at radius 2 is 2.00 bits per heavy atom. The molecule has 0 saturated heterocycles. The molecule has 2 rings (SSSR count). The van der Waals surface area contributed by atoms with Crippen molar-refractivity contribution in [2.75, 3.05) is 0 Å². The minimum absolute atomic E-state index is 0.0545. The third-order valence-corrected chi connectivity index (χ3v) is 3.76. The van der Waals surface area contributed by atoms with Crippen LogP contribution >= 0.6 is 11.8 Å². The standard InChI is InChI=1S/C14H13N3O3S/c1-7-6-8(2)17-13(10(7)11(15)18)21-12-9(14(19)20)4-3-5-16-12/h3-6H,1-2H3,(H2,15,18)(H,19,20). The van der Waals surface area contributed by atoms with Crippen molar-refractivity contribution < 1.29 is 14.7 Å². The van der Waals surface area contributed by atoms with Crippen LogP contribution in [-0.4, -0.2) is 27.0 Å². The molecule has 6 nitrogen and oxygen atoms in total. The number of nitrogens with zero attached hydrogens (tertiary/aromatic N) is 2. The summed E-state index contributed by atoms with van der Waals surface area (Å²) >= 11 is 1.02. The molecule has 0 aliphatic rings. The van der Waals surface area contributed by atoms with Crippen LogP contribution in [0.1, 0.15) is 32.0 Å². The number of nitrogens with two attached hydrogens (primary N) is 1. The molecule has 0 radical (unpaired) electrons. The van der Waals surface area contributed by atoms with Crippen molar-refractivity contribution in [1.29, 1.82) is 0 Å². The Labute approximate surface area is 125 Å². The lowest BCUT2D eigenvalue weighted by molar-refractivity contribution is 0.0692. The molecule has 0 atom stereocenters. The van der Waals surface area contributed by atoms with Gasteiger partial charge in [0.2, 0.25) is 0 Å². The van der Waals surface area contributed by atoms with E-state index >= 15 is 0 Å². The van der Waals surface area contributed by atoms with Crippen LogP contribution in [0.5, 0.6) is 0 Å². The van der Waals surface area contributed by atoms with Crippen molar-refractivity contribution in [1.82, 2.24) is 9.97 Å². The number of aromatic carboxylic acids is 1. The number of hydrogen-bond donors (Lipinski definition) is 2. The second-order valence-corrected chi connectivity index (χ2v) is 5.37. The van der Waals surface area contributed by atoms with Gasteiger partial charge in [0.1, 0.15) is 10.1 Å². The monoisotopic (exact) mass is 303 g/mol. The third kappa shape index (κ3) is 3.19. The van der Waals surface area contributed by atoms with Crippen LogP contribution in [0.3, 0.4) is 0 Å². The van der Waals surface area contributed by atoms with Gasteiger partial charge in [-0.15, -0.1) is 0 Å². The van der Waals surface area contributed by atoms with Crippen LogP contribution in [0, 0.1) is 13.8 Å². The first-order chi connectivity index (χ1) is 9.90. The van der Waals surface area contributed by atoms with Crippen LogP contribution in [-0.2, 0) is 0 Å². The zero-order chi connectivity index (χ0) is 15.6. The molecular weight excluding hydrogens is 290 g/mol. The Hall–Kier alpha value is -2.41. The van der Waals surface area contributed by atoms with Crippen LogP contribution in [0.2, 0.25) is 0 Å². The van der Waals surface area contributed by atoms with E-state index in [-0.39, 0.29) is 16.2 Å². The second kappa shape index (κ2) is 5.92. The van der Waals surface area contributed by atoms with E-state index < -0.39 is 11.9 Å². The molecule has 21 heavy (non-hydrogen) atoms. The fourth-order valence-corrected chi connectivity index (χ4v) is 3.02. The van der Waals surface area contributed by atoms with E-state index in [0.717, 1.165) is 11.8 Å². The highest BCUT2D eigenvalue weighted by atomic mass is 32.2. The van der Waals surface area contributed by atoms with E-state index in [9.17, 15) is 9.59 Å². The van der Waals surface area contributed by atoms with Crippen molar-refractivity contribution in [3.8, 4) is 0 Å². The highest BCUT2D eigenvalue weighted by Crippen LogP contribution is 2.31. The van der Waals surface area contributed by atoms with E-state index in [4.69, 9.17) is 10.8 Å². The van der Waals surface area contributed by atoms with Crippen LogP contribution < -0.4 is 5.73 Å². The molecule has 0 aromatic carbocycles. The lowest BCUT2D eigenvalue weighted by Gasteiger charge is -2.10. The van der Waals surface area contributed by atoms with Gasteiger partial charge >= 0.3 is 5.97 Å². The lowest BCUT2D eigenvalue weighted by Crippen LogP contribution is -2.15. The molecule has 0 fully saturated rings. The van der Waals surface area contributed by atoms with Gasteiger partial charge in [-0.1, -0.05) is 0 Å². The predicted molar refractivity (Wildman–Crippen MR) is 77.5 cm³/mol. The summed E-state index contributed by atoms with van der Waals surface area (Å²) in [6.07, 6.45) is 1.49. The van der Waals surface area contributed by atoms with E-state index in [2.05, 4.69) is 9.97 Å². The van der Waals surface area contributed by atoms with Gasteiger partial charge in [-0.3, -0.25) is 4.79 Å². The molecule has 0 aliphatic heterocycles. The number of rotatable bonds is 4. The summed E-state index contributed by atoms with van der Waals surface area (Å²) in [4.78, 5) is 31.1. The zero-order valence-corrected chi connectivity index (χ0v) is 12.3. The van der Waals surface area contributed by atoms with E-state index in [1.165, 1.54) is 18.3 Å². The summed E-state index contributed by atoms with van der Waals surface area (Å²) in [5, 5.41) is 9.80. The van der Waals surface area contributed by atoms with Gasteiger partial charge in [-0.05, 0) is 49.4 Å². The third-order valence-electron chi connectivity index (χ3n) is 2.75. The van der Waals surface area contributed by atoms with Crippen molar-refractivity contribution in [3.05, 3.63) is 46.8 Å². The van der Waals surface area contributed by atoms with Crippen LogP contribution in [0.15, 0.2) is 34.4 Å². The van der Waals surface area contributed by atoms with Crippen molar-refractivity contribution in [2.45, 2.75) is 23.9 Å². The molecule has 1 amide bonds.